The second kappa shape index (κ2) is 11.2. The molecule has 0 spiro atoms. The van der Waals surface area contributed by atoms with Crippen molar-refractivity contribution in [2.24, 2.45) is 0 Å². The zero-order valence-corrected chi connectivity index (χ0v) is 18.2. The zero-order chi connectivity index (χ0) is 23.8. The van der Waals surface area contributed by atoms with Crippen molar-refractivity contribution >= 4 is 34.9 Å². The maximum absolute atomic E-state index is 13.7. The monoisotopic (exact) mass is 471 g/mol. The number of carbonyl (C=O) groups excluding carboxylic acids is 2. The Bertz CT molecular complexity index is 1150. The maximum Gasteiger partial charge on any atom is 0.326 e. The fourth-order valence-corrected chi connectivity index (χ4v) is 2.96. The van der Waals surface area contributed by atoms with E-state index in [4.69, 9.17) is 16.4 Å². The number of carbonyl (C=O) groups is 2. The van der Waals surface area contributed by atoms with Gasteiger partial charge in [-0.05, 0) is 54.4 Å². The van der Waals surface area contributed by atoms with Gasteiger partial charge in [-0.2, -0.15) is 0 Å². The topological polar surface area (TPSA) is 79.5 Å². The Morgan fingerprint density at radius 1 is 0.970 bits per heavy atom. The molecule has 0 bridgehead atoms. The van der Waals surface area contributed by atoms with Crippen LogP contribution in [0.15, 0.2) is 72.8 Å². The number of benzene rings is 3. The van der Waals surface area contributed by atoms with Crippen molar-refractivity contribution in [2.45, 2.75) is 13.5 Å². The highest BCUT2D eigenvalue weighted by Crippen LogP contribution is 2.17. The highest BCUT2D eigenvalue weighted by atomic mass is 35.5. The van der Waals surface area contributed by atoms with Crippen molar-refractivity contribution in [3.63, 3.8) is 0 Å². The number of urea groups is 1. The summed E-state index contributed by atoms with van der Waals surface area (Å²) in [7, 11) is 0. The Morgan fingerprint density at radius 3 is 2.21 bits per heavy atom. The van der Waals surface area contributed by atoms with Crippen molar-refractivity contribution in [3.8, 4) is 0 Å². The summed E-state index contributed by atoms with van der Waals surface area (Å²) in [5.74, 6) is -3.30. The van der Waals surface area contributed by atoms with Crippen molar-refractivity contribution in [2.75, 3.05) is 5.32 Å². The number of hydroxylamine groups is 1. The molecule has 3 rings (SSSR count). The summed E-state index contributed by atoms with van der Waals surface area (Å²) >= 11 is 5.91. The van der Waals surface area contributed by atoms with Crippen LogP contribution in [0, 0.1) is 11.6 Å². The first-order valence-corrected chi connectivity index (χ1v) is 10.2. The molecule has 0 aliphatic rings. The molecule has 0 saturated heterocycles. The fourth-order valence-electron chi connectivity index (χ4n) is 2.84. The van der Waals surface area contributed by atoms with Crippen LogP contribution in [-0.4, -0.2) is 11.9 Å². The number of hydrogen-bond acceptors (Lipinski definition) is 4. The molecule has 9 heteroatoms. The number of allylic oxidation sites excluding steroid dienone is 1. The third-order valence-electron chi connectivity index (χ3n) is 4.49. The van der Waals surface area contributed by atoms with Crippen molar-refractivity contribution in [3.05, 3.63) is 106 Å². The molecular weight excluding hydrogens is 452 g/mol. The molecule has 0 aliphatic heterocycles. The molecule has 0 fully saturated rings. The van der Waals surface area contributed by atoms with Crippen molar-refractivity contribution < 1.29 is 23.2 Å². The van der Waals surface area contributed by atoms with Crippen LogP contribution < -0.4 is 16.1 Å². The molecule has 33 heavy (non-hydrogen) atoms. The molecule has 3 amide bonds. The quantitative estimate of drug-likeness (QED) is 0.388. The van der Waals surface area contributed by atoms with E-state index in [1.54, 1.807) is 36.4 Å². The average Bonchev–Trinajstić information content (AvgIpc) is 2.78. The number of imide groups is 1. The van der Waals surface area contributed by atoms with Crippen LogP contribution in [0.2, 0.25) is 5.02 Å². The van der Waals surface area contributed by atoms with Crippen LogP contribution in [0.1, 0.15) is 28.4 Å². The molecule has 0 unspecified atom stereocenters. The van der Waals surface area contributed by atoms with Crippen LogP contribution in [0.25, 0.3) is 5.70 Å². The Labute approximate surface area is 194 Å². The largest absolute Gasteiger partial charge is 0.326 e. The zero-order valence-electron chi connectivity index (χ0n) is 17.5. The Hall–Kier alpha value is -3.75. The number of anilines is 1. The molecule has 0 atom stereocenters. The lowest BCUT2D eigenvalue weighted by Crippen LogP contribution is -2.35. The fraction of sp³-hybridized carbons (Fsp3) is 0.0833. The minimum absolute atomic E-state index is 0.239. The van der Waals surface area contributed by atoms with Gasteiger partial charge in [0.05, 0.1) is 12.3 Å². The van der Waals surface area contributed by atoms with Crippen molar-refractivity contribution in [1.29, 1.82) is 0 Å². The highest BCUT2D eigenvalue weighted by Gasteiger charge is 2.19. The van der Waals surface area contributed by atoms with E-state index in [0.29, 0.717) is 10.7 Å². The molecule has 0 radical (unpaired) electrons. The van der Waals surface area contributed by atoms with E-state index in [2.05, 4.69) is 10.8 Å². The lowest BCUT2D eigenvalue weighted by Gasteiger charge is -2.12. The van der Waals surface area contributed by atoms with Crippen LogP contribution in [0.5, 0.6) is 0 Å². The minimum atomic E-state index is -1.18. The molecule has 0 heterocycles. The Kier molecular flexibility index (Phi) is 8.12. The van der Waals surface area contributed by atoms with Gasteiger partial charge in [0.1, 0.15) is 17.2 Å². The summed E-state index contributed by atoms with van der Waals surface area (Å²) in [4.78, 5) is 29.5. The van der Waals surface area contributed by atoms with Crippen LogP contribution in [-0.2, 0) is 11.4 Å². The lowest BCUT2D eigenvalue weighted by atomic mass is 10.1. The SMILES string of the molecule is CC=C(NOCc1ccc(NC(=O)NC(=O)c2c(F)cccc2F)cc1)c1ccc(Cl)cc1. The number of amides is 3. The molecule has 3 aromatic rings. The maximum atomic E-state index is 13.7. The van der Waals surface area contributed by atoms with E-state index < -0.39 is 29.1 Å². The molecule has 0 aromatic heterocycles. The summed E-state index contributed by atoms with van der Waals surface area (Å²) < 4.78 is 27.3. The Morgan fingerprint density at radius 2 is 1.61 bits per heavy atom. The van der Waals surface area contributed by atoms with Gasteiger partial charge in [0.15, 0.2) is 0 Å². The van der Waals surface area contributed by atoms with Crippen LogP contribution in [0.3, 0.4) is 0 Å². The first-order valence-electron chi connectivity index (χ1n) is 9.82. The van der Waals surface area contributed by atoms with Gasteiger partial charge >= 0.3 is 6.03 Å². The van der Waals surface area contributed by atoms with E-state index in [1.165, 1.54) is 0 Å². The van der Waals surface area contributed by atoms with Gasteiger partial charge in [-0.3, -0.25) is 20.4 Å². The van der Waals surface area contributed by atoms with Gasteiger partial charge in [0, 0.05) is 10.7 Å². The molecule has 3 N–H and O–H groups in total. The van der Waals surface area contributed by atoms with E-state index in [-0.39, 0.29) is 6.61 Å². The second-order valence-electron chi connectivity index (χ2n) is 6.80. The first-order chi connectivity index (χ1) is 15.9. The summed E-state index contributed by atoms with van der Waals surface area (Å²) in [6.07, 6.45) is 1.86. The molecule has 170 valence electrons. The van der Waals surface area contributed by atoms with E-state index in [0.717, 1.165) is 35.0 Å². The van der Waals surface area contributed by atoms with E-state index in [1.807, 2.05) is 30.4 Å². The predicted octanol–water partition coefficient (Wildman–Crippen LogP) is 5.66. The highest BCUT2D eigenvalue weighted by molar-refractivity contribution is 6.30. The molecule has 0 aliphatic carbocycles. The van der Waals surface area contributed by atoms with Gasteiger partial charge in [-0.25, -0.2) is 13.6 Å². The van der Waals surface area contributed by atoms with Crippen molar-refractivity contribution in [1.82, 2.24) is 10.8 Å². The summed E-state index contributed by atoms with van der Waals surface area (Å²) in [5.41, 5.74) is 4.93. The number of rotatable bonds is 7. The summed E-state index contributed by atoms with van der Waals surface area (Å²) in [5, 5.41) is 4.96. The third kappa shape index (κ3) is 6.61. The van der Waals surface area contributed by atoms with Crippen LogP contribution >= 0.6 is 11.6 Å². The molecule has 6 nitrogen and oxygen atoms in total. The summed E-state index contributed by atoms with van der Waals surface area (Å²) in [6.45, 7) is 2.11. The standard InChI is InChI=1S/C24H20ClF2N3O3/c1-2-21(16-8-10-17(25)11-9-16)30-33-14-15-6-12-18(13-7-15)28-24(32)29-23(31)22-19(26)4-3-5-20(22)27/h2-13,30H,14H2,1H3,(H2,28,29,31,32). The van der Waals surface area contributed by atoms with Gasteiger partial charge in [0.2, 0.25) is 0 Å². The average molecular weight is 472 g/mol. The van der Waals surface area contributed by atoms with Gasteiger partial charge < -0.3 is 5.32 Å². The van der Waals surface area contributed by atoms with E-state index >= 15 is 0 Å². The number of hydrogen-bond donors (Lipinski definition) is 3. The predicted molar refractivity (Wildman–Crippen MR) is 122 cm³/mol. The van der Waals surface area contributed by atoms with Crippen LogP contribution in [0.4, 0.5) is 19.3 Å². The van der Waals surface area contributed by atoms with E-state index in [9.17, 15) is 18.4 Å². The number of halogens is 3. The normalized spacial score (nSPS) is 11.1. The molecular formula is C24H20ClF2N3O3. The minimum Gasteiger partial charge on any atom is -0.308 e. The second-order valence-corrected chi connectivity index (χ2v) is 7.24. The van der Waals surface area contributed by atoms with Gasteiger partial charge in [0.25, 0.3) is 5.91 Å². The third-order valence-corrected chi connectivity index (χ3v) is 4.75. The molecule has 3 aromatic carbocycles. The lowest BCUT2D eigenvalue weighted by molar-refractivity contribution is 0.0645. The smallest absolute Gasteiger partial charge is 0.308 e. The number of nitrogens with one attached hydrogen (secondary N) is 3. The van der Waals surface area contributed by atoms with Gasteiger partial charge in [-0.15, -0.1) is 0 Å². The molecule has 0 saturated carbocycles. The van der Waals surface area contributed by atoms with Gasteiger partial charge in [-0.1, -0.05) is 48.0 Å². The Balaban J connectivity index is 1.50. The summed E-state index contributed by atoms with van der Waals surface area (Å²) in [6, 6.07) is 16.0. The first kappa shape index (κ1) is 23.9.